The standard InChI is InChI=1S/C96H153NO8/c1-6-8-10-12-14-16-18-20-22-24-26-28-30-32-34-36-38-40-42-44-46-47-49-50-52-54-56-58-60-62-64-66-68-70-72-74-76-78-80-82-84-86-93(98)103-90-92(91-104-96(95(100)101)102-89-88-97(3,4)5)105-94(99)87-85-83-81-79-77-75-73-71-69-67-65-63-61-59-57-55-53-51-48-45-43-41-39-37-35-33-31-29-27-25-23-21-19-17-15-13-11-9-7-2/h8-11,14-17,20-23,26-29,32-35,38-41,44-46,48,53,55,59,61,65,67,71,73,92,96H,6-7,12-13,18-19,24-25,30-31,36-37,42-43,47,49-52,54,56-58,60,62-64,66,68-70,72,74-91H2,1-5H3/b10-8-,11-9-,16-14-,17-15-,22-20-,23-21-,28-26-,29-27-,34-32-,35-33-,40-38-,41-39-,46-44-,48-45-,55-53-,61-59-,67-65-,73-71-. The van der Waals surface area contributed by atoms with E-state index in [2.05, 4.69) is 233 Å². The molecule has 0 heterocycles. The highest BCUT2D eigenvalue weighted by molar-refractivity contribution is 5.70. The molecule has 0 aliphatic carbocycles. The maximum Gasteiger partial charge on any atom is 0.306 e. The van der Waals surface area contributed by atoms with Crippen molar-refractivity contribution >= 4 is 17.9 Å². The normalized spacial score (nSPS) is 13.8. The van der Waals surface area contributed by atoms with Crippen molar-refractivity contribution in [1.82, 2.24) is 0 Å². The van der Waals surface area contributed by atoms with Gasteiger partial charge in [0.05, 0.1) is 40.3 Å². The Morgan fingerprint density at radius 1 is 0.286 bits per heavy atom. The van der Waals surface area contributed by atoms with Crippen LogP contribution < -0.4 is 5.11 Å². The van der Waals surface area contributed by atoms with Crippen LogP contribution in [0.4, 0.5) is 0 Å². The first kappa shape index (κ1) is 98.6. The average Bonchev–Trinajstić information content (AvgIpc) is 1.97. The van der Waals surface area contributed by atoms with Crippen LogP contribution in [0.5, 0.6) is 0 Å². The monoisotopic (exact) mass is 1450 g/mol. The maximum atomic E-state index is 13.0. The number of likely N-dealkylation sites (N-methyl/N-ethyl adjacent to an activating group) is 1. The highest BCUT2D eigenvalue weighted by atomic mass is 16.7. The Hall–Kier alpha value is -6.39. The largest absolute Gasteiger partial charge is 0.545 e. The van der Waals surface area contributed by atoms with E-state index in [1.165, 1.54) is 109 Å². The molecule has 0 spiro atoms. The first-order valence-electron chi connectivity index (χ1n) is 41.9. The number of quaternary nitrogens is 1. The van der Waals surface area contributed by atoms with Gasteiger partial charge in [0.2, 0.25) is 0 Å². The molecule has 0 aliphatic rings. The number of hydrogen-bond acceptors (Lipinski definition) is 8. The Balaban J connectivity index is 4.11. The number of rotatable bonds is 75. The summed E-state index contributed by atoms with van der Waals surface area (Å²) in [5.41, 5.74) is 0. The number of hydrogen-bond donors (Lipinski definition) is 0. The van der Waals surface area contributed by atoms with Crippen molar-refractivity contribution in [3.8, 4) is 0 Å². The molecule has 0 N–H and O–H groups in total. The van der Waals surface area contributed by atoms with Crippen LogP contribution in [-0.4, -0.2) is 82.3 Å². The fraction of sp³-hybridized carbons (Fsp3) is 0.594. The first-order chi connectivity index (χ1) is 51.6. The lowest BCUT2D eigenvalue weighted by Gasteiger charge is -2.26. The molecule has 0 saturated carbocycles. The van der Waals surface area contributed by atoms with Gasteiger partial charge in [0.25, 0.3) is 0 Å². The Labute approximate surface area is 645 Å². The smallest absolute Gasteiger partial charge is 0.306 e. The number of esters is 2. The number of carbonyl (C=O) groups excluding carboxylic acids is 3. The lowest BCUT2D eigenvalue weighted by Crippen LogP contribution is -2.44. The molecule has 9 nitrogen and oxygen atoms in total. The number of carbonyl (C=O) groups is 3. The van der Waals surface area contributed by atoms with Crippen LogP contribution in [0.1, 0.15) is 309 Å². The second kappa shape index (κ2) is 83.3. The van der Waals surface area contributed by atoms with Gasteiger partial charge in [-0.1, -0.05) is 361 Å². The molecule has 0 rings (SSSR count). The van der Waals surface area contributed by atoms with Crippen LogP contribution in [0.25, 0.3) is 0 Å². The van der Waals surface area contributed by atoms with Gasteiger partial charge in [-0.2, -0.15) is 0 Å². The molecule has 0 aromatic rings. The minimum absolute atomic E-state index is 0.134. The molecular formula is C96H153NO8. The van der Waals surface area contributed by atoms with E-state index in [1.807, 2.05) is 21.1 Å². The molecule has 590 valence electrons. The van der Waals surface area contributed by atoms with Crippen molar-refractivity contribution in [2.75, 3.05) is 47.5 Å². The van der Waals surface area contributed by atoms with Crippen LogP contribution in [0, 0.1) is 0 Å². The molecule has 0 aromatic heterocycles. The third kappa shape index (κ3) is 84.7. The number of allylic oxidation sites excluding steroid dienone is 36. The van der Waals surface area contributed by atoms with Gasteiger partial charge in [-0.25, -0.2) is 0 Å². The second-order valence-corrected chi connectivity index (χ2v) is 28.3. The number of ether oxygens (including phenoxy) is 4. The van der Waals surface area contributed by atoms with E-state index in [9.17, 15) is 19.5 Å². The zero-order chi connectivity index (χ0) is 76.0. The van der Waals surface area contributed by atoms with Gasteiger partial charge in [-0.05, 0) is 154 Å². The van der Waals surface area contributed by atoms with Crippen LogP contribution >= 0.6 is 0 Å². The van der Waals surface area contributed by atoms with E-state index in [0.717, 1.165) is 167 Å². The number of carboxylic acids is 1. The number of carboxylic acid groups (broad SMARTS) is 1. The molecular weight excluding hydrogens is 1300 g/mol. The fourth-order valence-electron chi connectivity index (χ4n) is 10.9. The predicted octanol–water partition coefficient (Wildman–Crippen LogP) is 26.3. The van der Waals surface area contributed by atoms with Crippen molar-refractivity contribution in [2.45, 2.75) is 322 Å². The number of aliphatic carboxylic acids is 1. The van der Waals surface area contributed by atoms with Crippen LogP contribution in [0.15, 0.2) is 219 Å². The molecule has 0 amide bonds. The van der Waals surface area contributed by atoms with Crippen molar-refractivity contribution in [3.05, 3.63) is 219 Å². The van der Waals surface area contributed by atoms with Crippen LogP contribution in [0.3, 0.4) is 0 Å². The molecule has 0 aliphatic heterocycles. The van der Waals surface area contributed by atoms with Crippen LogP contribution in [0.2, 0.25) is 0 Å². The minimum Gasteiger partial charge on any atom is -0.545 e. The van der Waals surface area contributed by atoms with E-state index in [4.69, 9.17) is 18.9 Å². The Kier molecular flexibility index (Phi) is 78.2. The average molecular weight is 1450 g/mol. The summed E-state index contributed by atoms with van der Waals surface area (Å²) in [5.74, 6) is -2.32. The van der Waals surface area contributed by atoms with Gasteiger partial charge >= 0.3 is 11.9 Å². The molecule has 0 fully saturated rings. The van der Waals surface area contributed by atoms with Crippen molar-refractivity contribution in [1.29, 1.82) is 0 Å². The topological polar surface area (TPSA) is 111 Å². The lowest BCUT2D eigenvalue weighted by atomic mass is 10.0. The predicted molar refractivity (Wildman–Crippen MR) is 453 cm³/mol. The second-order valence-electron chi connectivity index (χ2n) is 28.3. The summed E-state index contributed by atoms with van der Waals surface area (Å²) in [6, 6.07) is 0. The molecule has 9 heteroatoms. The summed E-state index contributed by atoms with van der Waals surface area (Å²) < 4.78 is 22.8. The van der Waals surface area contributed by atoms with E-state index < -0.39 is 24.3 Å². The first-order valence-corrected chi connectivity index (χ1v) is 41.9. The molecule has 2 atom stereocenters. The van der Waals surface area contributed by atoms with Crippen molar-refractivity contribution in [3.63, 3.8) is 0 Å². The number of unbranched alkanes of at least 4 members (excludes halogenated alkanes) is 24. The minimum atomic E-state index is -1.64. The Morgan fingerprint density at radius 3 is 0.762 bits per heavy atom. The van der Waals surface area contributed by atoms with Gasteiger partial charge in [-0.15, -0.1) is 0 Å². The molecule has 0 saturated heterocycles. The van der Waals surface area contributed by atoms with Gasteiger partial charge in [0.15, 0.2) is 12.4 Å². The quantitative estimate of drug-likeness (QED) is 0.0195. The van der Waals surface area contributed by atoms with Crippen molar-refractivity contribution in [2.24, 2.45) is 0 Å². The molecule has 2 unspecified atom stereocenters. The fourth-order valence-corrected chi connectivity index (χ4v) is 10.9. The summed E-state index contributed by atoms with van der Waals surface area (Å²) in [6.45, 7) is 4.49. The maximum absolute atomic E-state index is 13.0. The molecule has 0 radical (unpaired) electrons. The van der Waals surface area contributed by atoms with E-state index in [1.54, 1.807) is 0 Å². The van der Waals surface area contributed by atoms with Gasteiger partial charge in [-0.3, -0.25) is 9.59 Å². The summed E-state index contributed by atoms with van der Waals surface area (Å²) in [6.07, 6.45) is 128. The Morgan fingerprint density at radius 2 is 0.514 bits per heavy atom. The van der Waals surface area contributed by atoms with E-state index in [-0.39, 0.29) is 38.6 Å². The lowest BCUT2D eigenvalue weighted by molar-refractivity contribution is -0.870. The molecule has 0 bridgehead atoms. The van der Waals surface area contributed by atoms with Gasteiger partial charge < -0.3 is 33.3 Å². The van der Waals surface area contributed by atoms with Gasteiger partial charge in [0.1, 0.15) is 13.2 Å². The third-order valence-corrected chi connectivity index (χ3v) is 17.2. The highest BCUT2D eigenvalue weighted by Crippen LogP contribution is 2.17. The van der Waals surface area contributed by atoms with Crippen LogP contribution in [-0.2, 0) is 33.3 Å². The zero-order valence-electron chi connectivity index (χ0n) is 67.5. The molecule has 105 heavy (non-hydrogen) atoms. The van der Waals surface area contributed by atoms with E-state index in [0.29, 0.717) is 17.4 Å². The summed E-state index contributed by atoms with van der Waals surface area (Å²) in [7, 11) is 5.92. The van der Waals surface area contributed by atoms with Crippen molar-refractivity contribution < 1.29 is 42.9 Å². The summed E-state index contributed by atoms with van der Waals surface area (Å²) in [5, 5.41) is 11.9. The van der Waals surface area contributed by atoms with Gasteiger partial charge in [0, 0.05) is 12.8 Å². The van der Waals surface area contributed by atoms with E-state index >= 15 is 0 Å². The zero-order valence-corrected chi connectivity index (χ0v) is 67.5. The Bertz CT molecular complexity index is 2550. The molecule has 0 aromatic carbocycles. The highest BCUT2D eigenvalue weighted by Gasteiger charge is 2.22. The SMILES string of the molecule is CC/C=C\C/C=C\C/C=C\C/C=C\C/C=C\C/C=C\C/C=C\C/C=C\C/C=C\C/C=C\C/C=C\CCCCCCCC(=O)OC(COC(=O)CCCCCCCCCCCCCCCCCCCCC/C=C\C/C=C\C/C=C\C/C=C\C/C=C\C/C=C\C/C=C\CC)COC(OCC[N+](C)(C)C)C(=O)[O-]. The number of nitrogens with zero attached hydrogens (tertiary/aromatic N) is 1. The summed E-state index contributed by atoms with van der Waals surface area (Å²) >= 11 is 0. The summed E-state index contributed by atoms with van der Waals surface area (Å²) in [4.78, 5) is 37.6. The third-order valence-electron chi connectivity index (χ3n) is 17.2.